The molecule has 10 heavy (non-hydrogen) atoms. The molecule has 0 aliphatic carbocycles. The maximum atomic E-state index is 3.97. The normalized spacial score (nSPS) is 12.0. The maximum absolute atomic E-state index is 3.97. The van der Waals surface area contributed by atoms with Gasteiger partial charge in [-0.3, -0.25) is 0 Å². The van der Waals surface area contributed by atoms with Gasteiger partial charge in [0, 0.05) is 6.20 Å². The van der Waals surface area contributed by atoms with E-state index in [1.807, 2.05) is 19.9 Å². The summed E-state index contributed by atoms with van der Waals surface area (Å²) < 4.78 is 0. The van der Waals surface area contributed by atoms with E-state index in [1.165, 1.54) is 0 Å². The highest BCUT2D eigenvalue weighted by Crippen LogP contribution is 1.94. The molecule has 0 N–H and O–H groups in total. The highest BCUT2D eigenvalue weighted by atomic mass is 14.9. The molecule has 0 radical (unpaired) electrons. The van der Waals surface area contributed by atoms with Crippen LogP contribution in [0.2, 0.25) is 0 Å². The van der Waals surface area contributed by atoms with E-state index in [0.717, 1.165) is 5.57 Å². The second-order valence-corrected chi connectivity index (χ2v) is 1.87. The zero-order chi connectivity index (χ0) is 7.98. The molecule has 0 saturated carbocycles. The van der Waals surface area contributed by atoms with Crippen molar-refractivity contribution in [3.8, 4) is 0 Å². The molecule has 0 bridgehead atoms. The molecule has 0 aromatic carbocycles. The fourth-order valence-electron chi connectivity index (χ4n) is 0.431. The average molecular weight is 136 g/mol. The lowest BCUT2D eigenvalue weighted by Crippen LogP contribution is -1.91. The van der Waals surface area contributed by atoms with E-state index in [0.29, 0.717) is 5.84 Å². The van der Waals surface area contributed by atoms with Gasteiger partial charge < -0.3 is 0 Å². The molecule has 0 rings (SSSR count). The monoisotopic (exact) mass is 136 g/mol. The zero-order valence-corrected chi connectivity index (χ0v) is 6.46. The van der Waals surface area contributed by atoms with Gasteiger partial charge in [-0.1, -0.05) is 12.7 Å². The van der Waals surface area contributed by atoms with Crippen LogP contribution in [0.5, 0.6) is 0 Å². The highest BCUT2D eigenvalue weighted by molar-refractivity contribution is 6.00. The Labute approximate surface area is 61.7 Å². The number of aliphatic imine (C=N–C) groups is 2. The third-order valence-corrected chi connectivity index (χ3v) is 0.877. The van der Waals surface area contributed by atoms with E-state index in [4.69, 9.17) is 0 Å². The van der Waals surface area contributed by atoms with E-state index < -0.39 is 0 Å². The Hall–Kier alpha value is -1.18. The molecule has 0 aromatic heterocycles. The van der Waals surface area contributed by atoms with Crippen molar-refractivity contribution in [1.82, 2.24) is 0 Å². The van der Waals surface area contributed by atoms with E-state index in [1.54, 1.807) is 6.20 Å². The number of rotatable bonds is 2. The van der Waals surface area contributed by atoms with Gasteiger partial charge in [-0.05, 0) is 26.1 Å². The Morgan fingerprint density at radius 3 is 2.40 bits per heavy atom. The first-order chi connectivity index (χ1) is 4.72. The van der Waals surface area contributed by atoms with E-state index in [9.17, 15) is 0 Å². The molecular formula is C8H12N2. The van der Waals surface area contributed by atoms with Crippen LogP contribution in [-0.4, -0.2) is 12.6 Å². The van der Waals surface area contributed by atoms with Crippen LogP contribution in [-0.2, 0) is 0 Å². The molecule has 2 nitrogen and oxygen atoms in total. The molecule has 54 valence electrons. The van der Waals surface area contributed by atoms with Crippen molar-refractivity contribution in [3.05, 3.63) is 24.4 Å². The molecular weight excluding hydrogens is 124 g/mol. The minimum absolute atomic E-state index is 0.595. The molecule has 0 heterocycles. The van der Waals surface area contributed by atoms with Gasteiger partial charge in [0.05, 0.1) is 0 Å². The topological polar surface area (TPSA) is 24.7 Å². The summed E-state index contributed by atoms with van der Waals surface area (Å²) in [4.78, 5) is 7.64. The Morgan fingerprint density at radius 2 is 2.10 bits per heavy atom. The summed E-state index contributed by atoms with van der Waals surface area (Å²) in [7, 11) is 0. The van der Waals surface area contributed by atoms with Gasteiger partial charge >= 0.3 is 0 Å². The lowest BCUT2D eigenvalue weighted by Gasteiger charge is -1.92. The van der Waals surface area contributed by atoms with E-state index in [-0.39, 0.29) is 0 Å². The summed E-state index contributed by atoms with van der Waals surface area (Å²) in [5, 5.41) is 0. The van der Waals surface area contributed by atoms with Crippen molar-refractivity contribution < 1.29 is 0 Å². The van der Waals surface area contributed by atoms with Gasteiger partial charge in [-0.2, -0.15) is 0 Å². The van der Waals surface area contributed by atoms with E-state index in [2.05, 4.69) is 23.3 Å². The average Bonchev–Trinajstić information content (AvgIpc) is 1.89. The lowest BCUT2D eigenvalue weighted by molar-refractivity contribution is 1.43. The number of allylic oxidation sites excluding steroid dienone is 1. The molecule has 0 amide bonds. The van der Waals surface area contributed by atoms with Crippen LogP contribution >= 0.6 is 0 Å². The van der Waals surface area contributed by atoms with Crippen molar-refractivity contribution >= 4 is 12.6 Å². The molecule has 0 aliphatic rings. The van der Waals surface area contributed by atoms with Gasteiger partial charge in [0.2, 0.25) is 0 Å². The fraction of sp³-hybridized carbons (Fsp3) is 0.250. The van der Waals surface area contributed by atoms with E-state index >= 15 is 0 Å². The Balaban J connectivity index is 4.33. The zero-order valence-electron chi connectivity index (χ0n) is 6.46. The number of hydrogen-bond acceptors (Lipinski definition) is 1. The smallest absolute Gasteiger partial charge is 0.153 e. The van der Waals surface area contributed by atoms with Crippen molar-refractivity contribution in [2.24, 2.45) is 9.98 Å². The summed E-state index contributed by atoms with van der Waals surface area (Å²) in [6.45, 7) is 10.8. The van der Waals surface area contributed by atoms with Crippen LogP contribution in [0.3, 0.4) is 0 Å². The Morgan fingerprint density at radius 1 is 1.50 bits per heavy atom. The second kappa shape index (κ2) is 4.68. The summed E-state index contributed by atoms with van der Waals surface area (Å²) in [6, 6.07) is 0. The molecule has 0 unspecified atom stereocenters. The lowest BCUT2D eigenvalue weighted by atomic mass is 10.3. The second-order valence-electron chi connectivity index (χ2n) is 1.87. The van der Waals surface area contributed by atoms with Crippen LogP contribution in [0.1, 0.15) is 13.8 Å². The maximum Gasteiger partial charge on any atom is 0.153 e. The fourth-order valence-corrected chi connectivity index (χ4v) is 0.431. The summed E-state index contributed by atoms with van der Waals surface area (Å²) in [5.41, 5.74) is 0.827. The predicted octanol–water partition coefficient (Wildman–Crippen LogP) is 2.20. The van der Waals surface area contributed by atoms with Crippen molar-refractivity contribution in [3.63, 3.8) is 0 Å². The summed E-state index contributed by atoms with van der Waals surface area (Å²) in [5.74, 6) is 0.595. The third kappa shape index (κ3) is 2.97. The molecule has 0 spiro atoms. The van der Waals surface area contributed by atoms with Crippen LogP contribution in [0, 0.1) is 0 Å². The van der Waals surface area contributed by atoms with Crippen LogP contribution in [0.25, 0.3) is 0 Å². The van der Waals surface area contributed by atoms with Gasteiger partial charge in [0.25, 0.3) is 0 Å². The SMILES string of the molecule is C=NC(=N/C=C\C)C(=C)C. The highest BCUT2D eigenvalue weighted by Gasteiger charge is 1.90. The van der Waals surface area contributed by atoms with Gasteiger partial charge in [0.1, 0.15) is 0 Å². The van der Waals surface area contributed by atoms with Crippen molar-refractivity contribution in [2.45, 2.75) is 13.8 Å². The molecule has 0 saturated heterocycles. The van der Waals surface area contributed by atoms with Crippen LogP contribution < -0.4 is 0 Å². The van der Waals surface area contributed by atoms with Gasteiger partial charge in [0.15, 0.2) is 5.84 Å². The third-order valence-electron chi connectivity index (χ3n) is 0.877. The summed E-state index contributed by atoms with van der Waals surface area (Å²) in [6.07, 6.45) is 3.49. The first-order valence-electron chi connectivity index (χ1n) is 3.04. The minimum Gasteiger partial charge on any atom is -0.245 e. The molecule has 0 atom stereocenters. The first-order valence-corrected chi connectivity index (χ1v) is 3.04. The number of nitrogens with zero attached hydrogens (tertiary/aromatic N) is 2. The van der Waals surface area contributed by atoms with Crippen molar-refractivity contribution in [1.29, 1.82) is 0 Å². The Kier molecular flexibility index (Phi) is 4.12. The largest absolute Gasteiger partial charge is 0.245 e. The summed E-state index contributed by atoms with van der Waals surface area (Å²) >= 11 is 0. The Bertz CT molecular complexity index is 187. The molecule has 0 aliphatic heterocycles. The van der Waals surface area contributed by atoms with Crippen LogP contribution in [0.15, 0.2) is 34.4 Å². The molecule has 2 heteroatoms. The molecule has 0 fully saturated rings. The predicted molar refractivity (Wildman–Crippen MR) is 46.6 cm³/mol. The first kappa shape index (κ1) is 8.82. The van der Waals surface area contributed by atoms with Crippen LogP contribution in [0.4, 0.5) is 0 Å². The quantitative estimate of drug-likeness (QED) is 0.410. The van der Waals surface area contributed by atoms with Gasteiger partial charge in [-0.15, -0.1) is 0 Å². The van der Waals surface area contributed by atoms with Crippen molar-refractivity contribution in [2.75, 3.05) is 0 Å². The van der Waals surface area contributed by atoms with Gasteiger partial charge in [-0.25, -0.2) is 9.98 Å². The number of hydrogen-bond donors (Lipinski definition) is 0. The standard InChI is InChI=1S/C8H12N2/c1-5-6-10-8(9-4)7(2)3/h5-6H,2,4H2,1,3H3/b6-5-,10-8?. The number of amidine groups is 1. The minimum atomic E-state index is 0.595. The molecule has 0 aromatic rings.